The lowest BCUT2D eigenvalue weighted by atomic mass is 9.95. The molecule has 14 heteroatoms. The first-order chi connectivity index (χ1) is 19.1. The summed E-state index contributed by atoms with van der Waals surface area (Å²) >= 11 is 4.51. The molecule has 0 saturated carbocycles. The van der Waals surface area contributed by atoms with E-state index in [0.717, 1.165) is 11.1 Å². The van der Waals surface area contributed by atoms with Crippen LogP contribution in [0.4, 0.5) is 13.2 Å². The van der Waals surface area contributed by atoms with Crippen LogP contribution in [0.15, 0.2) is 56.6 Å². The predicted octanol–water partition coefficient (Wildman–Crippen LogP) is 4.25. The number of aliphatic carboxylic acids is 1. The maximum atomic E-state index is 14.2. The number of amidine groups is 1. The number of piperidine rings is 1. The third-order valence-corrected chi connectivity index (χ3v) is 6.71. The van der Waals surface area contributed by atoms with Gasteiger partial charge in [0.15, 0.2) is 10.8 Å². The van der Waals surface area contributed by atoms with Crippen molar-refractivity contribution in [1.82, 2.24) is 15.2 Å². The maximum Gasteiger partial charge on any atom is 0.329 e. The molecule has 2 aliphatic heterocycles. The molecule has 3 heterocycles. The highest BCUT2D eigenvalue weighted by Gasteiger charge is 2.40. The number of nitrogens with one attached hydrogen (secondary N) is 1. The number of rotatable bonds is 9. The van der Waals surface area contributed by atoms with Crippen LogP contribution >= 0.6 is 27.3 Å². The third kappa shape index (κ3) is 12.3. The van der Waals surface area contributed by atoms with Crippen molar-refractivity contribution in [2.45, 2.75) is 19.3 Å². The molecule has 0 bridgehead atoms. The molecule has 9 nitrogen and oxygen atoms in total. The SMILES string of the molecule is CCOC.Fc1cccc(Br)c1.O=CC1=C(CN2CC(COCC(=O)O)CC(F)(F)C2)NC(c2nccs2)=NC1. The zero-order valence-electron chi connectivity index (χ0n) is 22.1. The minimum absolute atomic E-state index is 0.0583. The standard InChI is InChI=1S/C17H20F2N4O4S.C6H4BrF.C3H8O/c18-17(19)3-11(8-27-9-14(25)26)5-23(10-17)6-13-12(7-24)4-21-15(22-13)16-20-1-2-28-16;7-5-2-1-3-6(8)4-5;1-3-4-2/h1-2,7,11H,3-6,8-10H2,(H,21,22)(H,25,26);1-4H;3H2,1-2H3. The van der Waals surface area contributed by atoms with Crippen molar-refractivity contribution in [3.8, 4) is 0 Å². The third-order valence-electron chi connectivity index (χ3n) is 5.44. The molecule has 0 amide bonds. The van der Waals surface area contributed by atoms with Gasteiger partial charge in [0.2, 0.25) is 0 Å². The highest BCUT2D eigenvalue weighted by Crippen LogP contribution is 2.31. The Kier molecular flexibility index (Phi) is 14.5. The summed E-state index contributed by atoms with van der Waals surface area (Å²) in [7, 11) is 1.68. The second-order valence-corrected chi connectivity index (χ2v) is 10.6. The number of hydrogen-bond donors (Lipinski definition) is 2. The molecular weight excluding hydrogens is 617 g/mol. The Bertz CT molecular complexity index is 1130. The molecule has 0 radical (unpaired) electrons. The van der Waals surface area contributed by atoms with E-state index in [1.807, 2.05) is 6.92 Å². The lowest BCUT2D eigenvalue weighted by Crippen LogP contribution is -2.50. The van der Waals surface area contributed by atoms with Crippen LogP contribution in [0.2, 0.25) is 0 Å². The van der Waals surface area contributed by atoms with Gasteiger partial charge < -0.3 is 19.9 Å². The van der Waals surface area contributed by atoms with Gasteiger partial charge in [0.1, 0.15) is 18.7 Å². The van der Waals surface area contributed by atoms with Crippen molar-refractivity contribution in [2.75, 3.05) is 53.1 Å². The van der Waals surface area contributed by atoms with Crippen molar-refractivity contribution in [2.24, 2.45) is 10.9 Å². The number of methoxy groups -OCH3 is 1. The number of likely N-dealkylation sites (tertiary alicyclic amines) is 1. The molecule has 220 valence electrons. The number of carboxylic acids is 1. The van der Waals surface area contributed by atoms with Crippen LogP contribution in [0.25, 0.3) is 0 Å². The average Bonchev–Trinajstić information content (AvgIpc) is 3.43. The van der Waals surface area contributed by atoms with Crippen LogP contribution in [-0.4, -0.2) is 92.1 Å². The van der Waals surface area contributed by atoms with Crippen molar-refractivity contribution >= 4 is 45.4 Å². The van der Waals surface area contributed by atoms with E-state index < -0.39 is 31.0 Å². The predicted molar refractivity (Wildman–Crippen MR) is 149 cm³/mol. The molecule has 2 aliphatic rings. The topological polar surface area (TPSA) is 113 Å². The summed E-state index contributed by atoms with van der Waals surface area (Å²) in [5.74, 6) is -4.25. The summed E-state index contributed by atoms with van der Waals surface area (Å²) in [6.07, 6.45) is 1.96. The Morgan fingerprint density at radius 1 is 1.40 bits per heavy atom. The molecule has 40 heavy (non-hydrogen) atoms. The number of alkyl halides is 2. The average molecular weight is 650 g/mol. The Labute approximate surface area is 243 Å². The summed E-state index contributed by atoms with van der Waals surface area (Å²) < 4.78 is 50.8. The molecule has 4 rings (SSSR count). The number of carboxylic acid groups (broad SMARTS) is 1. The van der Waals surface area contributed by atoms with Gasteiger partial charge in [-0.15, -0.1) is 11.3 Å². The van der Waals surface area contributed by atoms with E-state index in [2.05, 4.69) is 36.0 Å². The van der Waals surface area contributed by atoms with Gasteiger partial charge in [0, 0.05) is 66.5 Å². The fraction of sp³-hybridized carbons (Fsp3) is 0.462. The molecular formula is C26H32BrF3N4O5S. The lowest BCUT2D eigenvalue weighted by molar-refractivity contribution is -0.144. The molecule has 1 fully saturated rings. The van der Waals surface area contributed by atoms with E-state index in [9.17, 15) is 22.8 Å². The number of aldehydes is 1. The first-order valence-corrected chi connectivity index (χ1v) is 13.9. The van der Waals surface area contributed by atoms with Crippen LogP contribution in [0.1, 0.15) is 18.4 Å². The van der Waals surface area contributed by atoms with E-state index >= 15 is 0 Å². The number of benzene rings is 1. The fourth-order valence-electron chi connectivity index (χ4n) is 3.77. The van der Waals surface area contributed by atoms with Gasteiger partial charge in [0.05, 0.1) is 19.7 Å². The molecule has 1 unspecified atom stereocenters. The summed E-state index contributed by atoms with van der Waals surface area (Å²) in [6.45, 7) is 2.37. The molecule has 0 spiro atoms. The number of carbonyl (C=O) groups is 2. The number of ether oxygens (including phenoxy) is 2. The van der Waals surface area contributed by atoms with Crippen LogP contribution in [-0.2, 0) is 19.1 Å². The summed E-state index contributed by atoms with van der Waals surface area (Å²) in [6, 6.07) is 6.26. The maximum absolute atomic E-state index is 14.2. The number of aliphatic imine (C=N–C) groups is 1. The molecule has 1 saturated heterocycles. The minimum Gasteiger partial charge on any atom is -0.480 e. The van der Waals surface area contributed by atoms with Gasteiger partial charge in [-0.3, -0.25) is 14.7 Å². The summed E-state index contributed by atoms with van der Waals surface area (Å²) in [5.41, 5.74) is 0.936. The van der Waals surface area contributed by atoms with Crippen LogP contribution < -0.4 is 5.32 Å². The van der Waals surface area contributed by atoms with Gasteiger partial charge >= 0.3 is 5.97 Å². The summed E-state index contributed by atoms with van der Waals surface area (Å²) in [4.78, 5) is 31.9. The molecule has 0 aliphatic carbocycles. The molecule has 1 aromatic heterocycles. The van der Waals surface area contributed by atoms with Gasteiger partial charge in [0.25, 0.3) is 5.92 Å². The Hall–Kier alpha value is -2.65. The van der Waals surface area contributed by atoms with Crippen LogP contribution in [0, 0.1) is 11.7 Å². The quantitative estimate of drug-likeness (QED) is 0.388. The zero-order chi connectivity index (χ0) is 29.5. The number of halogens is 4. The number of aromatic nitrogens is 1. The van der Waals surface area contributed by atoms with Crippen molar-refractivity contribution in [3.05, 3.63) is 62.4 Å². The number of carbonyl (C=O) groups excluding carboxylic acids is 1. The van der Waals surface area contributed by atoms with Gasteiger partial charge in [-0.2, -0.15) is 0 Å². The monoisotopic (exact) mass is 648 g/mol. The van der Waals surface area contributed by atoms with E-state index in [-0.39, 0.29) is 31.9 Å². The highest BCUT2D eigenvalue weighted by atomic mass is 79.9. The van der Waals surface area contributed by atoms with E-state index in [1.165, 1.54) is 23.5 Å². The second-order valence-electron chi connectivity index (χ2n) is 8.77. The lowest BCUT2D eigenvalue weighted by Gasteiger charge is -2.38. The van der Waals surface area contributed by atoms with Gasteiger partial charge in [-0.1, -0.05) is 22.0 Å². The van der Waals surface area contributed by atoms with E-state index in [0.29, 0.717) is 34.9 Å². The zero-order valence-corrected chi connectivity index (χ0v) is 24.5. The van der Waals surface area contributed by atoms with Crippen LogP contribution in [0.3, 0.4) is 0 Å². The number of hydrogen-bond acceptors (Lipinski definition) is 9. The van der Waals surface area contributed by atoms with Gasteiger partial charge in [-0.25, -0.2) is 22.9 Å². The summed E-state index contributed by atoms with van der Waals surface area (Å²) in [5, 5.41) is 14.1. The fourth-order valence-corrected chi connectivity index (χ4v) is 4.74. The second kappa shape index (κ2) is 17.2. The van der Waals surface area contributed by atoms with E-state index in [4.69, 9.17) is 9.84 Å². The first kappa shape index (κ1) is 33.6. The smallest absolute Gasteiger partial charge is 0.329 e. The van der Waals surface area contributed by atoms with Crippen molar-refractivity contribution < 1.29 is 37.3 Å². The molecule has 2 N–H and O–H groups in total. The number of thiazole rings is 1. The largest absolute Gasteiger partial charge is 0.480 e. The van der Waals surface area contributed by atoms with Crippen molar-refractivity contribution in [3.63, 3.8) is 0 Å². The normalized spacial score (nSPS) is 18.4. The molecule has 1 aromatic carbocycles. The van der Waals surface area contributed by atoms with Crippen LogP contribution in [0.5, 0.6) is 0 Å². The molecule has 2 aromatic rings. The Balaban J connectivity index is 0.000000387. The Morgan fingerprint density at radius 3 is 2.70 bits per heavy atom. The highest BCUT2D eigenvalue weighted by molar-refractivity contribution is 9.10. The van der Waals surface area contributed by atoms with Gasteiger partial charge in [-0.05, 0) is 25.1 Å². The molecule has 1 atom stereocenters. The minimum atomic E-state index is -2.92. The van der Waals surface area contributed by atoms with Crippen molar-refractivity contribution in [1.29, 1.82) is 0 Å². The Morgan fingerprint density at radius 2 is 2.15 bits per heavy atom. The number of nitrogens with zero attached hydrogens (tertiary/aromatic N) is 3. The van der Waals surface area contributed by atoms with E-state index in [1.54, 1.807) is 35.7 Å². The first-order valence-electron chi connectivity index (χ1n) is 12.2.